The smallest absolute Gasteiger partial charge is 0.257 e. The third-order valence-corrected chi connectivity index (χ3v) is 6.76. The minimum Gasteiger partial charge on any atom is -0.469 e. The van der Waals surface area contributed by atoms with E-state index in [4.69, 9.17) is 4.42 Å². The number of rotatable bonds is 7. The van der Waals surface area contributed by atoms with Gasteiger partial charge in [0.15, 0.2) is 0 Å². The molecule has 3 heterocycles. The second-order valence-corrected chi connectivity index (χ2v) is 9.30. The van der Waals surface area contributed by atoms with Crippen LogP contribution < -0.4 is 0 Å². The summed E-state index contributed by atoms with van der Waals surface area (Å²) >= 11 is 0. The molecule has 0 spiro atoms. The van der Waals surface area contributed by atoms with Crippen LogP contribution in [0.25, 0.3) is 0 Å². The molecule has 1 aromatic heterocycles. The van der Waals surface area contributed by atoms with Gasteiger partial charge in [-0.1, -0.05) is 0 Å². The topological polar surface area (TPSA) is 74.1 Å². The van der Waals surface area contributed by atoms with E-state index in [0.29, 0.717) is 37.4 Å². The Bertz CT molecular complexity index is 725. The van der Waals surface area contributed by atoms with Crippen LogP contribution in [-0.2, 0) is 10.0 Å². The highest BCUT2D eigenvalue weighted by Crippen LogP contribution is 2.22. The van der Waals surface area contributed by atoms with Crippen molar-refractivity contribution in [1.29, 1.82) is 0 Å². The number of nitrogens with zero attached hydrogens (tertiary/aromatic N) is 3. The Kier molecular flexibility index (Phi) is 6.04. The molecule has 0 bridgehead atoms. The van der Waals surface area contributed by atoms with Crippen LogP contribution in [0.1, 0.15) is 41.8 Å². The zero-order valence-corrected chi connectivity index (χ0v) is 16.5. The standard InChI is InChI=1S/C18H29N3O4S/c1-15-17(7-13-25-15)18(22)20-12-6-16(14-20)21(26(2,23)24)11-5-10-19-8-3-4-9-19/h7,13,16H,3-6,8-12,14H2,1-2H3. The van der Waals surface area contributed by atoms with E-state index in [0.717, 1.165) is 26.1 Å². The van der Waals surface area contributed by atoms with Gasteiger partial charge < -0.3 is 14.2 Å². The van der Waals surface area contributed by atoms with E-state index in [1.165, 1.54) is 25.4 Å². The van der Waals surface area contributed by atoms with Gasteiger partial charge in [-0.05, 0) is 58.3 Å². The average molecular weight is 384 g/mol. The molecule has 3 rings (SSSR count). The van der Waals surface area contributed by atoms with Gasteiger partial charge in [-0.15, -0.1) is 0 Å². The van der Waals surface area contributed by atoms with E-state index in [-0.39, 0.29) is 11.9 Å². The molecule has 26 heavy (non-hydrogen) atoms. The maximum absolute atomic E-state index is 12.6. The van der Waals surface area contributed by atoms with Crippen LogP contribution in [0.15, 0.2) is 16.7 Å². The molecule has 0 aliphatic carbocycles. The number of aryl methyl sites for hydroxylation is 1. The molecule has 0 saturated carbocycles. The number of carbonyl (C=O) groups excluding carboxylic acids is 1. The largest absolute Gasteiger partial charge is 0.469 e. The van der Waals surface area contributed by atoms with Crippen LogP contribution in [0.3, 0.4) is 0 Å². The third kappa shape index (κ3) is 4.47. The SMILES string of the molecule is Cc1occc1C(=O)N1CCC(N(CCCN2CCCC2)S(C)(=O)=O)C1. The second-order valence-electron chi connectivity index (χ2n) is 7.36. The Hall–Kier alpha value is -1.38. The van der Waals surface area contributed by atoms with E-state index in [1.54, 1.807) is 22.2 Å². The minimum atomic E-state index is -3.30. The van der Waals surface area contributed by atoms with Crippen molar-refractivity contribution in [3.05, 3.63) is 23.7 Å². The maximum atomic E-state index is 12.6. The van der Waals surface area contributed by atoms with Gasteiger partial charge in [-0.2, -0.15) is 4.31 Å². The number of hydrogen-bond donors (Lipinski definition) is 0. The van der Waals surface area contributed by atoms with Crippen molar-refractivity contribution in [2.75, 3.05) is 45.5 Å². The predicted molar refractivity (Wildman–Crippen MR) is 99.6 cm³/mol. The Balaban J connectivity index is 1.59. The molecule has 0 N–H and O–H groups in total. The van der Waals surface area contributed by atoms with E-state index in [9.17, 15) is 13.2 Å². The van der Waals surface area contributed by atoms with Gasteiger partial charge in [0.2, 0.25) is 10.0 Å². The third-order valence-electron chi connectivity index (χ3n) is 5.42. The molecule has 1 amide bonds. The lowest BCUT2D eigenvalue weighted by atomic mass is 10.2. The van der Waals surface area contributed by atoms with Crippen molar-refractivity contribution in [3.8, 4) is 0 Å². The summed E-state index contributed by atoms with van der Waals surface area (Å²) in [4.78, 5) is 16.8. The molecule has 0 aromatic carbocycles. The maximum Gasteiger partial charge on any atom is 0.257 e. The van der Waals surface area contributed by atoms with E-state index < -0.39 is 10.0 Å². The predicted octanol–water partition coefficient (Wildman–Crippen LogP) is 1.55. The van der Waals surface area contributed by atoms with Crippen LogP contribution >= 0.6 is 0 Å². The molecular weight excluding hydrogens is 354 g/mol. The Morgan fingerprint density at radius 3 is 2.65 bits per heavy atom. The summed E-state index contributed by atoms with van der Waals surface area (Å²) in [7, 11) is -3.30. The van der Waals surface area contributed by atoms with Gasteiger partial charge in [0.25, 0.3) is 5.91 Å². The number of furan rings is 1. The van der Waals surface area contributed by atoms with Crippen molar-refractivity contribution in [3.63, 3.8) is 0 Å². The molecule has 0 radical (unpaired) electrons. The van der Waals surface area contributed by atoms with Gasteiger partial charge >= 0.3 is 0 Å². The van der Waals surface area contributed by atoms with Gasteiger partial charge in [0.1, 0.15) is 5.76 Å². The van der Waals surface area contributed by atoms with Gasteiger partial charge in [0.05, 0.1) is 18.1 Å². The molecule has 8 heteroatoms. The Morgan fingerprint density at radius 2 is 2.04 bits per heavy atom. The lowest BCUT2D eigenvalue weighted by molar-refractivity contribution is 0.0782. The summed E-state index contributed by atoms with van der Waals surface area (Å²) in [6.45, 7) is 6.49. The van der Waals surface area contributed by atoms with Crippen molar-refractivity contribution in [1.82, 2.24) is 14.1 Å². The van der Waals surface area contributed by atoms with Crippen molar-refractivity contribution in [2.45, 2.75) is 38.6 Å². The zero-order chi connectivity index (χ0) is 18.7. The lowest BCUT2D eigenvalue weighted by Crippen LogP contribution is -2.43. The van der Waals surface area contributed by atoms with E-state index in [2.05, 4.69) is 4.90 Å². The fourth-order valence-electron chi connectivity index (χ4n) is 4.01. The van der Waals surface area contributed by atoms with Crippen LogP contribution in [0.2, 0.25) is 0 Å². The molecule has 1 aromatic rings. The Labute approximate surface area is 156 Å². The highest BCUT2D eigenvalue weighted by molar-refractivity contribution is 7.88. The van der Waals surface area contributed by atoms with Crippen LogP contribution in [0.4, 0.5) is 0 Å². The average Bonchev–Trinajstić information content (AvgIpc) is 3.31. The van der Waals surface area contributed by atoms with Crippen molar-refractivity contribution in [2.24, 2.45) is 0 Å². The number of carbonyl (C=O) groups is 1. The molecule has 2 aliphatic rings. The fraction of sp³-hybridized carbons (Fsp3) is 0.722. The number of sulfonamides is 1. The first-order valence-corrected chi connectivity index (χ1v) is 11.2. The van der Waals surface area contributed by atoms with E-state index in [1.807, 2.05) is 0 Å². The monoisotopic (exact) mass is 383 g/mol. The summed E-state index contributed by atoms with van der Waals surface area (Å²) in [5.74, 6) is 0.522. The molecule has 146 valence electrons. The second kappa shape index (κ2) is 8.10. The minimum absolute atomic E-state index is 0.0794. The normalized spacial score (nSPS) is 21.8. The van der Waals surface area contributed by atoms with Gasteiger partial charge in [-0.3, -0.25) is 4.79 Å². The number of amides is 1. The highest BCUT2D eigenvalue weighted by Gasteiger charge is 2.35. The molecular formula is C18H29N3O4S. The molecule has 2 saturated heterocycles. The Morgan fingerprint density at radius 1 is 1.31 bits per heavy atom. The van der Waals surface area contributed by atoms with E-state index >= 15 is 0 Å². The summed E-state index contributed by atoms with van der Waals surface area (Å²) in [6.07, 6.45) is 6.77. The first-order valence-electron chi connectivity index (χ1n) is 9.39. The number of likely N-dealkylation sites (tertiary alicyclic amines) is 2. The van der Waals surface area contributed by atoms with Crippen LogP contribution in [-0.4, -0.2) is 80.0 Å². The first-order chi connectivity index (χ1) is 12.4. The molecule has 1 unspecified atom stereocenters. The zero-order valence-electron chi connectivity index (χ0n) is 15.7. The summed E-state index contributed by atoms with van der Waals surface area (Å²) in [5.41, 5.74) is 0.561. The lowest BCUT2D eigenvalue weighted by Gasteiger charge is -2.27. The fourth-order valence-corrected chi connectivity index (χ4v) is 5.19. The van der Waals surface area contributed by atoms with Gasteiger partial charge in [0, 0.05) is 25.7 Å². The highest BCUT2D eigenvalue weighted by atomic mass is 32.2. The summed E-state index contributed by atoms with van der Waals surface area (Å²) in [5, 5.41) is 0. The quantitative estimate of drug-likeness (QED) is 0.714. The first kappa shape index (κ1) is 19.4. The van der Waals surface area contributed by atoms with Gasteiger partial charge in [-0.25, -0.2) is 8.42 Å². The van der Waals surface area contributed by atoms with Crippen molar-refractivity contribution >= 4 is 15.9 Å². The van der Waals surface area contributed by atoms with Crippen molar-refractivity contribution < 1.29 is 17.6 Å². The summed E-state index contributed by atoms with van der Waals surface area (Å²) < 4.78 is 31.4. The summed E-state index contributed by atoms with van der Waals surface area (Å²) in [6, 6.07) is 1.54. The molecule has 1 atom stereocenters. The number of hydrogen-bond acceptors (Lipinski definition) is 5. The molecule has 2 aliphatic heterocycles. The molecule has 7 nitrogen and oxygen atoms in total. The van der Waals surface area contributed by atoms with Crippen LogP contribution in [0, 0.1) is 6.92 Å². The van der Waals surface area contributed by atoms with Crippen LogP contribution in [0.5, 0.6) is 0 Å². The molecule has 2 fully saturated rings.